The van der Waals surface area contributed by atoms with Crippen molar-refractivity contribution in [1.29, 1.82) is 0 Å². The lowest BCUT2D eigenvalue weighted by molar-refractivity contribution is 0.0975. The first kappa shape index (κ1) is 19.0. The zero-order valence-corrected chi connectivity index (χ0v) is 16.5. The van der Waals surface area contributed by atoms with E-state index in [4.69, 9.17) is 11.5 Å². The molecule has 28 heavy (non-hydrogen) atoms. The standard InChI is InChI=1S/C21H31N7/c22-20-24-21(23)28(25-20)19-8-6-17(7-9-19)5-4-12-26-15-10-18(11-16-26)27-13-2-1-3-14-27/h4-9,18H,1-3,10-16H2,(H4,22,23,24,25). The maximum Gasteiger partial charge on any atom is 0.241 e. The fraction of sp³-hybridized carbons (Fsp3) is 0.524. The second-order valence-electron chi connectivity index (χ2n) is 7.86. The lowest BCUT2D eigenvalue weighted by Crippen LogP contribution is -2.46. The summed E-state index contributed by atoms with van der Waals surface area (Å²) in [4.78, 5) is 9.22. The zero-order valence-electron chi connectivity index (χ0n) is 16.5. The first-order chi connectivity index (χ1) is 13.7. The van der Waals surface area contributed by atoms with E-state index in [0.717, 1.165) is 18.3 Å². The Hall–Kier alpha value is -2.38. The highest BCUT2D eigenvalue weighted by Gasteiger charge is 2.24. The summed E-state index contributed by atoms with van der Waals surface area (Å²) < 4.78 is 1.55. The predicted molar refractivity (Wildman–Crippen MR) is 114 cm³/mol. The van der Waals surface area contributed by atoms with E-state index in [2.05, 4.69) is 44.2 Å². The molecule has 4 rings (SSSR count). The third-order valence-corrected chi connectivity index (χ3v) is 5.92. The zero-order chi connectivity index (χ0) is 19.3. The van der Waals surface area contributed by atoms with Gasteiger partial charge < -0.3 is 16.4 Å². The molecule has 2 fully saturated rings. The molecule has 0 spiro atoms. The van der Waals surface area contributed by atoms with Crippen molar-refractivity contribution < 1.29 is 0 Å². The number of hydrogen-bond acceptors (Lipinski definition) is 6. The third-order valence-electron chi connectivity index (χ3n) is 5.92. The van der Waals surface area contributed by atoms with Crippen LogP contribution in [0.3, 0.4) is 0 Å². The average molecular weight is 382 g/mol. The quantitative estimate of drug-likeness (QED) is 0.827. The lowest BCUT2D eigenvalue weighted by Gasteiger charge is -2.40. The van der Waals surface area contributed by atoms with E-state index in [1.54, 1.807) is 4.68 Å². The van der Waals surface area contributed by atoms with Crippen LogP contribution in [0.25, 0.3) is 11.8 Å². The Kier molecular flexibility index (Phi) is 5.92. The molecule has 4 N–H and O–H groups in total. The largest absolute Gasteiger partial charge is 0.368 e. The number of benzene rings is 1. The Morgan fingerprint density at radius 2 is 1.68 bits per heavy atom. The van der Waals surface area contributed by atoms with Crippen LogP contribution >= 0.6 is 0 Å². The Balaban J connectivity index is 1.25. The highest BCUT2D eigenvalue weighted by molar-refractivity contribution is 5.52. The molecule has 0 radical (unpaired) electrons. The minimum atomic E-state index is 0.186. The van der Waals surface area contributed by atoms with Gasteiger partial charge in [0.05, 0.1) is 5.69 Å². The molecule has 2 aromatic rings. The van der Waals surface area contributed by atoms with E-state index in [9.17, 15) is 0 Å². The molecule has 2 aliphatic rings. The Labute approximate surface area is 167 Å². The molecule has 2 saturated heterocycles. The van der Waals surface area contributed by atoms with Crippen LogP contribution in [0.4, 0.5) is 11.9 Å². The van der Waals surface area contributed by atoms with Gasteiger partial charge in [0.1, 0.15) is 0 Å². The van der Waals surface area contributed by atoms with Crippen LogP contribution in [0.1, 0.15) is 37.7 Å². The summed E-state index contributed by atoms with van der Waals surface area (Å²) in [7, 11) is 0. The Morgan fingerprint density at radius 3 is 2.32 bits per heavy atom. The first-order valence-electron chi connectivity index (χ1n) is 10.4. The van der Waals surface area contributed by atoms with Crippen molar-refractivity contribution in [3.05, 3.63) is 35.9 Å². The second kappa shape index (κ2) is 8.75. The van der Waals surface area contributed by atoms with Gasteiger partial charge in [-0.05, 0) is 69.6 Å². The first-order valence-corrected chi connectivity index (χ1v) is 10.4. The molecule has 0 amide bonds. The van der Waals surface area contributed by atoms with Crippen molar-refractivity contribution in [3.8, 4) is 5.69 Å². The number of anilines is 2. The normalized spacial score (nSPS) is 20.1. The van der Waals surface area contributed by atoms with E-state index in [-0.39, 0.29) is 5.95 Å². The SMILES string of the molecule is Nc1nc(N)n(-c2ccc(C=CCN3CCC(N4CCCCC4)CC3)cc2)n1. The van der Waals surface area contributed by atoms with Crippen molar-refractivity contribution in [1.82, 2.24) is 24.6 Å². The predicted octanol–water partition coefficient (Wildman–Crippen LogP) is 2.40. The second-order valence-corrected chi connectivity index (χ2v) is 7.86. The molecule has 0 bridgehead atoms. The van der Waals surface area contributed by atoms with E-state index in [1.165, 1.54) is 63.8 Å². The van der Waals surface area contributed by atoms with Crippen LogP contribution < -0.4 is 11.5 Å². The monoisotopic (exact) mass is 381 g/mol. The van der Waals surface area contributed by atoms with Crippen molar-refractivity contribution in [3.63, 3.8) is 0 Å². The molecular formula is C21H31N7. The number of nitrogens with two attached hydrogens (primary N) is 2. The van der Waals surface area contributed by atoms with E-state index < -0.39 is 0 Å². The van der Waals surface area contributed by atoms with E-state index in [0.29, 0.717) is 5.95 Å². The summed E-state index contributed by atoms with van der Waals surface area (Å²) in [6.45, 7) is 6.05. The van der Waals surface area contributed by atoms with Gasteiger partial charge in [0.15, 0.2) is 0 Å². The smallest absolute Gasteiger partial charge is 0.241 e. The summed E-state index contributed by atoms with van der Waals surface area (Å²) in [6, 6.07) is 8.89. The van der Waals surface area contributed by atoms with Gasteiger partial charge in [-0.3, -0.25) is 4.90 Å². The Morgan fingerprint density at radius 1 is 0.964 bits per heavy atom. The lowest BCUT2D eigenvalue weighted by atomic mass is 10.00. The molecule has 150 valence electrons. The minimum Gasteiger partial charge on any atom is -0.368 e. The molecule has 3 heterocycles. The Bertz CT molecular complexity index is 782. The fourth-order valence-corrected chi connectivity index (χ4v) is 4.35. The number of likely N-dealkylation sites (tertiary alicyclic amines) is 2. The van der Waals surface area contributed by atoms with Crippen molar-refractivity contribution in [2.75, 3.05) is 44.2 Å². The van der Waals surface area contributed by atoms with E-state index in [1.807, 2.05) is 12.1 Å². The average Bonchev–Trinajstić information content (AvgIpc) is 3.08. The molecule has 2 aliphatic heterocycles. The highest BCUT2D eigenvalue weighted by Crippen LogP contribution is 2.21. The van der Waals surface area contributed by atoms with Gasteiger partial charge in [0, 0.05) is 12.6 Å². The molecule has 1 aromatic carbocycles. The van der Waals surface area contributed by atoms with Crippen molar-refractivity contribution >= 4 is 18.0 Å². The molecule has 0 unspecified atom stereocenters. The molecule has 7 heteroatoms. The van der Waals surface area contributed by atoms with Crippen molar-refractivity contribution in [2.24, 2.45) is 0 Å². The number of nitrogen functional groups attached to an aromatic ring is 2. The maximum atomic E-state index is 5.82. The van der Waals surface area contributed by atoms with Crippen LogP contribution in [0.2, 0.25) is 0 Å². The van der Waals surface area contributed by atoms with Gasteiger partial charge in [0.2, 0.25) is 11.9 Å². The van der Waals surface area contributed by atoms with Gasteiger partial charge >= 0.3 is 0 Å². The summed E-state index contributed by atoms with van der Waals surface area (Å²) in [5, 5.41) is 4.10. The summed E-state index contributed by atoms with van der Waals surface area (Å²) in [5.74, 6) is 0.485. The fourth-order valence-electron chi connectivity index (χ4n) is 4.35. The van der Waals surface area contributed by atoms with Crippen LogP contribution in [0.5, 0.6) is 0 Å². The number of aromatic nitrogens is 3. The summed E-state index contributed by atoms with van der Waals surface area (Å²) >= 11 is 0. The number of hydrogen-bond donors (Lipinski definition) is 2. The molecule has 7 nitrogen and oxygen atoms in total. The van der Waals surface area contributed by atoms with E-state index >= 15 is 0 Å². The van der Waals surface area contributed by atoms with Crippen LogP contribution in [0, 0.1) is 0 Å². The van der Waals surface area contributed by atoms with Crippen molar-refractivity contribution in [2.45, 2.75) is 38.1 Å². The summed E-state index contributed by atoms with van der Waals surface area (Å²) in [6.07, 6.45) is 11.3. The van der Waals surface area contributed by atoms with Gasteiger partial charge in [-0.15, -0.1) is 5.10 Å². The number of piperidine rings is 2. The number of nitrogens with zero attached hydrogens (tertiary/aromatic N) is 5. The van der Waals surface area contributed by atoms with Crippen LogP contribution in [-0.2, 0) is 0 Å². The summed E-state index contributed by atoms with van der Waals surface area (Å²) in [5.41, 5.74) is 13.4. The molecule has 0 aliphatic carbocycles. The highest BCUT2D eigenvalue weighted by atomic mass is 15.4. The van der Waals surface area contributed by atoms with Crippen LogP contribution in [-0.4, -0.2) is 63.3 Å². The third kappa shape index (κ3) is 4.54. The van der Waals surface area contributed by atoms with Gasteiger partial charge in [-0.25, -0.2) is 0 Å². The maximum absolute atomic E-state index is 5.82. The minimum absolute atomic E-state index is 0.186. The molecular weight excluding hydrogens is 350 g/mol. The molecule has 1 aromatic heterocycles. The van der Waals surface area contributed by atoms with Crippen LogP contribution in [0.15, 0.2) is 30.3 Å². The van der Waals surface area contributed by atoms with Gasteiger partial charge in [-0.1, -0.05) is 30.7 Å². The molecule has 0 saturated carbocycles. The molecule has 0 atom stereocenters. The van der Waals surface area contributed by atoms with Gasteiger partial charge in [0.25, 0.3) is 0 Å². The van der Waals surface area contributed by atoms with Gasteiger partial charge in [-0.2, -0.15) is 9.67 Å². The number of rotatable bonds is 5. The topological polar surface area (TPSA) is 89.2 Å².